The normalized spacial score (nSPS) is 45.3. The molecule has 0 unspecified atom stereocenters. The molecule has 3 rings (SSSR count). The maximum absolute atomic E-state index is 12.4. The number of hydrogen-bond acceptors (Lipinski definition) is 6. The molecule has 0 aromatic carbocycles. The molecule has 2 aliphatic carbocycles. The van der Waals surface area contributed by atoms with Gasteiger partial charge in [-0.05, 0) is 18.9 Å². The van der Waals surface area contributed by atoms with Crippen molar-refractivity contribution >= 4 is 17.7 Å². The fourth-order valence-corrected chi connectivity index (χ4v) is 4.29. The van der Waals surface area contributed by atoms with Gasteiger partial charge in [0.25, 0.3) is 0 Å². The summed E-state index contributed by atoms with van der Waals surface area (Å²) in [6.45, 7) is 8.52. The average molecular weight is 320 g/mol. The number of fused-ring (bicyclic) bond motifs is 2. The Morgan fingerprint density at radius 3 is 2.70 bits per heavy atom. The Kier molecular flexibility index (Phi) is 3.48. The zero-order chi connectivity index (χ0) is 17.1. The second-order valence-electron chi connectivity index (χ2n) is 6.83. The molecule has 2 fully saturated rings. The Bertz CT molecular complexity index is 635. The first-order valence-electron chi connectivity index (χ1n) is 7.67. The zero-order valence-electron chi connectivity index (χ0n) is 13.3. The number of carbonyl (C=O) groups is 3. The number of ether oxygens (including phenoxy) is 2. The molecule has 1 N–H and O–H groups in total. The van der Waals surface area contributed by atoms with Crippen LogP contribution in [-0.4, -0.2) is 41.1 Å². The Hall–Kier alpha value is -1.95. The SMILES string of the molecule is C=C1C(=O)O[C@H]2[C@H](OC(C)=O)[C@@H](C)[C@@H]3C=CC(=O)[C@@]3(C)[C@H](O)[C@H]12. The number of aliphatic hydroxyl groups excluding tert-OH is 1. The van der Waals surface area contributed by atoms with Gasteiger partial charge in [-0.2, -0.15) is 0 Å². The third kappa shape index (κ3) is 2.01. The van der Waals surface area contributed by atoms with E-state index in [2.05, 4.69) is 6.58 Å². The number of rotatable bonds is 1. The molecule has 0 amide bonds. The fourth-order valence-electron chi connectivity index (χ4n) is 4.29. The van der Waals surface area contributed by atoms with Crippen molar-refractivity contribution in [2.24, 2.45) is 23.2 Å². The van der Waals surface area contributed by atoms with Gasteiger partial charge in [0.1, 0.15) is 12.2 Å². The van der Waals surface area contributed by atoms with Gasteiger partial charge in [0, 0.05) is 18.4 Å². The van der Waals surface area contributed by atoms with Gasteiger partial charge in [-0.25, -0.2) is 4.79 Å². The fraction of sp³-hybridized carbons (Fsp3) is 0.588. The first-order chi connectivity index (χ1) is 10.7. The van der Waals surface area contributed by atoms with E-state index in [1.807, 2.05) is 6.92 Å². The molecule has 6 heteroatoms. The summed E-state index contributed by atoms with van der Waals surface area (Å²) in [5.74, 6) is -2.70. The maximum Gasteiger partial charge on any atom is 0.334 e. The molecule has 1 saturated carbocycles. The summed E-state index contributed by atoms with van der Waals surface area (Å²) < 4.78 is 10.8. The molecule has 23 heavy (non-hydrogen) atoms. The highest BCUT2D eigenvalue weighted by Gasteiger charge is 2.63. The van der Waals surface area contributed by atoms with Gasteiger partial charge in [0.05, 0.1) is 17.4 Å². The van der Waals surface area contributed by atoms with Crippen molar-refractivity contribution in [1.29, 1.82) is 0 Å². The van der Waals surface area contributed by atoms with Crippen LogP contribution in [-0.2, 0) is 23.9 Å². The number of aliphatic hydroxyl groups is 1. The third-order valence-electron chi connectivity index (χ3n) is 5.61. The molecule has 0 bridgehead atoms. The standard InChI is InChI=1S/C17H20O6/c1-7-10-5-6-11(19)17(10,4)15(20)12-8(2)16(21)23-14(12)13(7)22-9(3)18/h5-7,10,12-15,20H,2H2,1,3-4H3/t7-,10-,12+,13+,14+,15+,17-/m0/s1. The highest BCUT2D eigenvalue weighted by molar-refractivity contribution is 5.99. The molecule has 3 aliphatic rings. The van der Waals surface area contributed by atoms with Crippen molar-refractivity contribution in [3.05, 3.63) is 24.3 Å². The smallest absolute Gasteiger partial charge is 0.334 e. The van der Waals surface area contributed by atoms with Crippen molar-refractivity contribution < 1.29 is 29.0 Å². The Morgan fingerprint density at radius 1 is 1.43 bits per heavy atom. The molecular weight excluding hydrogens is 300 g/mol. The van der Waals surface area contributed by atoms with Crippen LogP contribution < -0.4 is 0 Å². The Labute approximate surface area is 134 Å². The van der Waals surface area contributed by atoms with Crippen molar-refractivity contribution in [3.63, 3.8) is 0 Å². The van der Waals surface area contributed by atoms with Crippen molar-refractivity contribution in [2.45, 2.75) is 39.1 Å². The van der Waals surface area contributed by atoms with Gasteiger partial charge in [0.15, 0.2) is 5.78 Å². The monoisotopic (exact) mass is 320 g/mol. The van der Waals surface area contributed by atoms with Crippen molar-refractivity contribution in [3.8, 4) is 0 Å². The summed E-state index contributed by atoms with van der Waals surface area (Å²) in [7, 11) is 0. The molecule has 0 spiro atoms. The maximum atomic E-state index is 12.4. The topological polar surface area (TPSA) is 89.9 Å². The number of ketones is 1. The van der Waals surface area contributed by atoms with Crippen LogP contribution in [0.5, 0.6) is 0 Å². The highest BCUT2D eigenvalue weighted by Crippen LogP contribution is 2.53. The van der Waals surface area contributed by atoms with Gasteiger partial charge in [-0.3, -0.25) is 9.59 Å². The van der Waals surface area contributed by atoms with Gasteiger partial charge in [-0.15, -0.1) is 0 Å². The first kappa shape index (κ1) is 15.9. The molecule has 1 saturated heterocycles. The average Bonchev–Trinajstić information content (AvgIpc) is 2.92. The summed E-state index contributed by atoms with van der Waals surface area (Å²) in [5.41, 5.74) is -0.970. The van der Waals surface area contributed by atoms with Gasteiger partial charge in [-0.1, -0.05) is 19.6 Å². The van der Waals surface area contributed by atoms with Crippen LogP contribution >= 0.6 is 0 Å². The van der Waals surface area contributed by atoms with E-state index in [0.29, 0.717) is 0 Å². The molecule has 6 nitrogen and oxygen atoms in total. The van der Waals surface area contributed by atoms with Crippen LogP contribution in [0.4, 0.5) is 0 Å². The number of carbonyl (C=O) groups excluding carboxylic acids is 3. The minimum atomic E-state index is -1.14. The van der Waals surface area contributed by atoms with E-state index >= 15 is 0 Å². The van der Waals surface area contributed by atoms with E-state index in [1.165, 1.54) is 13.0 Å². The summed E-state index contributed by atoms with van der Waals surface area (Å²) >= 11 is 0. The van der Waals surface area contributed by atoms with E-state index in [0.717, 1.165) is 0 Å². The minimum absolute atomic E-state index is 0.119. The molecule has 1 heterocycles. The minimum Gasteiger partial charge on any atom is -0.458 e. The van der Waals surface area contributed by atoms with Crippen LogP contribution in [0.15, 0.2) is 24.3 Å². The van der Waals surface area contributed by atoms with Crippen LogP contribution in [0.2, 0.25) is 0 Å². The molecule has 1 aliphatic heterocycles. The second-order valence-corrected chi connectivity index (χ2v) is 6.83. The van der Waals surface area contributed by atoms with E-state index in [-0.39, 0.29) is 23.2 Å². The largest absolute Gasteiger partial charge is 0.458 e. The molecular formula is C17H20O6. The van der Waals surface area contributed by atoms with E-state index < -0.39 is 41.6 Å². The predicted molar refractivity (Wildman–Crippen MR) is 79.0 cm³/mol. The number of hydrogen-bond donors (Lipinski definition) is 1. The van der Waals surface area contributed by atoms with E-state index in [9.17, 15) is 19.5 Å². The van der Waals surface area contributed by atoms with Crippen LogP contribution in [0.1, 0.15) is 20.8 Å². The van der Waals surface area contributed by atoms with Gasteiger partial charge < -0.3 is 14.6 Å². The lowest BCUT2D eigenvalue weighted by atomic mass is 9.67. The van der Waals surface area contributed by atoms with Crippen LogP contribution in [0.3, 0.4) is 0 Å². The predicted octanol–water partition coefficient (Wildman–Crippen LogP) is 0.788. The quantitative estimate of drug-likeness (QED) is 0.567. The van der Waals surface area contributed by atoms with Gasteiger partial charge >= 0.3 is 11.9 Å². The van der Waals surface area contributed by atoms with E-state index in [1.54, 1.807) is 13.0 Å². The van der Waals surface area contributed by atoms with Crippen molar-refractivity contribution in [1.82, 2.24) is 0 Å². The summed E-state index contributed by atoms with van der Waals surface area (Å²) in [5, 5.41) is 10.9. The van der Waals surface area contributed by atoms with Crippen molar-refractivity contribution in [2.75, 3.05) is 0 Å². The van der Waals surface area contributed by atoms with E-state index in [4.69, 9.17) is 9.47 Å². The lowest BCUT2D eigenvalue weighted by Crippen LogP contribution is -2.46. The summed E-state index contributed by atoms with van der Waals surface area (Å²) in [6, 6.07) is 0. The molecule has 124 valence electrons. The Morgan fingerprint density at radius 2 is 2.09 bits per heavy atom. The molecule has 0 radical (unpaired) electrons. The number of esters is 2. The first-order valence-corrected chi connectivity index (χ1v) is 7.67. The van der Waals surface area contributed by atoms with Gasteiger partial charge in [0.2, 0.25) is 0 Å². The summed E-state index contributed by atoms with van der Waals surface area (Å²) in [6.07, 6.45) is 0.501. The van der Waals surface area contributed by atoms with Crippen LogP contribution in [0, 0.1) is 23.2 Å². The molecule has 0 aromatic rings. The third-order valence-corrected chi connectivity index (χ3v) is 5.61. The second kappa shape index (κ2) is 5.03. The lowest BCUT2D eigenvalue weighted by molar-refractivity contribution is -0.165. The summed E-state index contributed by atoms with van der Waals surface area (Å²) in [4.78, 5) is 35.9. The number of allylic oxidation sites excluding steroid dienone is 2. The van der Waals surface area contributed by atoms with Crippen LogP contribution in [0.25, 0.3) is 0 Å². The molecule has 0 aromatic heterocycles. The lowest BCUT2D eigenvalue weighted by Gasteiger charge is -2.37. The highest BCUT2D eigenvalue weighted by atomic mass is 16.6. The Balaban J connectivity index is 2.13. The molecule has 7 atom stereocenters. The zero-order valence-corrected chi connectivity index (χ0v) is 13.3.